The van der Waals surface area contributed by atoms with Crippen molar-refractivity contribution in [2.24, 2.45) is 0 Å². The number of rotatable bonds is 9. The summed E-state index contributed by atoms with van der Waals surface area (Å²) in [5.74, 6) is -0.103. The maximum atomic E-state index is 13.0. The number of alkyl halides is 3. The number of hydrogen-bond acceptors (Lipinski definition) is 6. The Morgan fingerprint density at radius 3 is 2.87 bits per heavy atom. The van der Waals surface area contributed by atoms with E-state index in [9.17, 15) is 18.0 Å². The smallest absolute Gasteiger partial charge is 0.380 e. The lowest BCUT2D eigenvalue weighted by Gasteiger charge is -2.08. The van der Waals surface area contributed by atoms with Gasteiger partial charge in [0.2, 0.25) is 5.91 Å². The highest BCUT2D eigenvalue weighted by Crippen LogP contribution is 2.43. The van der Waals surface area contributed by atoms with Crippen molar-refractivity contribution in [1.29, 1.82) is 0 Å². The first kappa shape index (κ1) is 23.1. The number of carbonyl (C=O) groups is 1. The van der Waals surface area contributed by atoms with Crippen LogP contribution in [-0.4, -0.2) is 42.4 Å². The zero-order valence-corrected chi connectivity index (χ0v) is 18.4. The zero-order valence-electron chi connectivity index (χ0n) is 16.8. The lowest BCUT2D eigenvalue weighted by molar-refractivity contribution is -0.137. The number of allylic oxidation sites excluding steroid dienone is 1. The van der Waals surface area contributed by atoms with Crippen LogP contribution >= 0.6 is 23.1 Å². The van der Waals surface area contributed by atoms with E-state index in [1.54, 1.807) is 11.8 Å². The Labute approximate surface area is 181 Å². The van der Waals surface area contributed by atoms with Crippen LogP contribution in [0, 0.1) is 0 Å². The van der Waals surface area contributed by atoms with E-state index >= 15 is 0 Å². The molecule has 1 unspecified atom stereocenters. The molecule has 3 rings (SSSR count). The second-order valence-corrected chi connectivity index (χ2v) is 9.36. The van der Waals surface area contributed by atoms with Crippen molar-refractivity contribution in [3.8, 4) is 0 Å². The van der Waals surface area contributed by atoms with Gasteiger partial charge in [0.05, 0.1) is 27.4 Å². The predicted molar refractivity (Wildman–Crippen MR) is 115 cm³/mol. The SMILES string of the molecule is CCOCCNCCC(=O)NC1=C(c2nc3cc(C(F)(F)F)ccc3s2)CC(C)S1. The number of fused-ring (bicyclic) bond motifs is 1. The average Bonchev–Trinajstić information content (AvgIpc) is 3.26. The quantitative estimate of drug-likeness (QED) is 0.535. The van der Waals surface area contributed by atoms with Crippen molar-refractivity contribution in [2.75, 3.05) is 26.3 Å². The van der Waals surface area contributed by atoms with Gasteiger partial charge in [-0.2, -0.15) is 13.2 Å². The highest BCUT2D eigenvalue weighted by Gasteiger charge is 2.31. The molecule has 0 aliphatic carbocycles. The molecule has 2 N–H and O–H groups in total. The minimum Gasteiger partial charge on any atom is -0.380 e. The summed E-state index contributed by atoms with van der Waals surface area (Å²) in [6, 6.07) is 3.61. The standard InChI is InChI=1S/C20H24F3N3O2S2/c1-3-28-9-8-24-7-6-17(27)26-19-14(10-12(2)29-19)18-25-15-11-13(20(21,22)23)4-5-16(15)30-18/h4-5,11-12,24H,3,6-10H2,1-2H3,(H,26,27). The summed E-state index contributed by atoms with van der Waals surface area (Å²) in [5, 5.41) is 7.78. The molecule has 2 heterocycles. The first-order valence-corrected chi connectivity index (χ1v) is 11.4. The molecule has 1 aromatic heterocycles. The number of benzene rings is 1. The molecule has 2 aromatic rings. The van der Waals surface area contributed by atoms with Crippen LogP contribution in [0.1, 0.15) is 37.3 Å². The van der Waals surface area contributed by atoms with Gasteiger partial charge in [0, 0.05) is 36.9 Å². The van der Waals surface area contributed by atoms with Gasteiger partial charge in [-0.05, 0) is 31.5 Å². The fourth-order valence-corrected chi connectivity index (χ4v) is 5.24. The molecule has 1 aromatic carbocycles. The lowest BCUT2D eigenvalue weighted by atomic mass is 10.1. The first-order chi connectivity index (χ1) is 14.3. The molecule has 0 fully saturated rings. The van der Waals surface area contributed by atoms with E-state index in [4.69, 9.17) is 4.74 Å². The number of ether oxygens (including phenoxy) is 1. The molecular weight excluding hydrogens is 435 g/mol. The van der Waals surface area contributed by atoms with Crippen LogP contribution < -0.4 is 10.6 Å². The van der Waals surface area contributed by atoms with Gasteiger partial charge in [0.1, 0.15) is 5.01 Å². The molecule has 0 saturated carbocycles. The number of amides is 1. The normalized spacial score (nSPS) is 17.2. The summed E-state index contributed by atoms with van der Waals surface area (Å²) >= 11 is 2.91. The average molecular weight is 460 g/mol. The molecule has 1 aliphatic rings. The van der Waals surface area contributed by atoms with Gasteiger partial charge in [-0.15, -0.1) is 23.1 Å². The Morgan fingerprint density at radius 1 is 1.33 bits per heavy atom. The van der Waals surface area contributed by atoms with Crippen molar-refractivity contribution in [3.63, 3.8) is 0 Å². The summed E-state index contributed by atoms with van der Waals surface area (Å²) in [4.78, 5) is 16.8. The third-order valence-electron chi connectivity index (χ3n) is 4.47. The van der Waals surface area contributed by atoms with Gasteiger partial charge in [0.25, 0.3) is 0 Å². The topological polar surface area (TPSA) is 63.2 Å². The van der Waals surface area contributed by atoms with Crippen molar-refractivity contribution < 1.29 is 22.7 Å². The molecule has 0 radical (unpaired) electrons. The number of thioether (sulfide) groups is 1. The van der Waals surface area contributed by atoms with Crippen molar-refractivity contribution in [2.45, 2.75) is 38.1 Å². The van der Waals surface area contributed by atoms with Crippen LogP contribution in [0.5, 0.6) is 0 Å². The number of aromatic nitrogens is 1. The van der Waals surface area contributed by atoms with E-state index in [1.807, 2.05) is 13.8 Å². The van der Waals surface area contributed by atoms with Gasteiger partial charge in [0.15, 0.2) is 0 Å². The third kappa shape index (κ3) is 5.96. The van der Waals surface area contributed by atoms with Crippen LogP contribution in [-0.2, 0) is 15.7 Å². The molecule has 1 atom stereocenters. The van der Waals surface area contributed by atoms with E-state index in [-0.39, 0.29) is 11.2 Å². The highest BCUT2D eigenvalue weighted by molar-refractivity contribution is 8.04. The zero-order chi connectivity index (χ0) is 21.7. The maximum absolute atomic E-state index is 13.0. The fraction of sp³-hybridized carbons (Fsp3) is 0.500. The molecule has 10 heteroatoms. The van der Waals surface area contributed by atoms with Crippen molar-refractivity contribution in [1.82, 2.24) is 15.6 Å². The molecule has 0 bridgehead atoms. The minimum absolute atomic E-state index is 0.103. The summed E-state index contributed by atoms with van der Waals surface area (Å²) in [6.45, 7) is 6.48. The van der Waals surface area contributed by atoms with Gasteiger partial charge >= 0.3 is 6.18 Å². The number of nitrogens with zero attached hydrogens (tertiary/aromatic N) is 1. The second kappa shape index (κ2) is 10.1. The van der Waals surface area contributed by atoms with E-state index in [0.717, 1.165) is 22.7 Å². The third-order valence-corrected chi connectivity index (χ3v) is 6.72. The second-order valence-electron chi connectivity index (χ2n) is 6.88. The van der Waals surface area contributed by atoms with E-state index in [1.165, 1.54) is 17.4 Å². The monoisotopic (exact) mass is 459 g/mol. The van der Waals surface area contributed by atoms with Crippen LogP contribution in [0.3, 0.4) is 0 Å². The number of carbonyl (C=O) groups excluding carboxylic acids is 1. The number of halogens is 3. The number of nitrogens with one attached hydrogen (secondary N) is 2. The summed E-state index contributed by atoms with van der Waals surface area (Å²) < 4.78 is 44.8. The largest absolute Gasteiger partial charge is 0.416 e. The number of hydrogen-bond donors (Lipinski definition) is 2. The lowest BCUT2D eigenvalue weighted by Crippen LogP contribution is -2.28. The van der Waals surface area contributed by atoms with Crippen molar-refractivity contribution in [3.05, 3.63) is 33.8 Å². The van der Waals surface area contributed by atoms with Gasteiger partial charge in [-0.3, -0.25) is 4.79 Å². The molecule has 5 nitrogen and oxygen atoms in total. The Balaban J connectivity index is 1.69. The van der Waals surface area contributed by atoms with Crippen LogP contribution in [0.4, 0.5) is 13.2 Å². The van der Waals surface area contributed by atoms with Crippen LogP contribution in [0.2, 0.25) is 0 Å². The van der Waals surface area contributed by atoms with E-state index < -0.39 is 11.7 Å². The molecule has 164 valence electrons. The molecule has 1 aliphatic heterocycles. The van der Waals surface area contributed by atoms with E-state index in [2.05, 4.69) is 15.6 Å². The van der Waals surface area contributed by atoms with Gasteiger partial charge < -0.3 is 15.4 Å². The maximum Gasteiger partial charge on any atom is 0.416 e. The highest BCUT2D eigenvalue weighted by atomic mass is 32.2. The predicted octanol–water partition coefficient (Wildman–Crippen LogP) is 4.64. The molecule has 0 spiro atoms. The summed E-state index contributed by atoms with van der Waals surface area (Å²) in [7, 11) is 0. The van der Waals surface area contributed by atoms with Crippen molar-refractivity contribution >= 4 is 44.8 Å². The summed E-state index contributed by atoms with van der Waals surface area (Å²) in [5.41, 5.74) is 0.506. The van der Waals surface area contributed by atoms with E-state index in [0.29, 0.717) is 54.4 Å². The molecule has 1 amide bonds. The first-order valence-electron chi connectivity index (χ1n) is 9.74. The Hall–Kier alpha value is -1.62. The Kier molecular flexibility index (Phi) is 7.78. The minimum atomic E-state index is -4.40. The van der Waals surface area contributed by atoms with Crippen LogP contribution in [0.15, 0.2) is 23.2 Å². The van der Waals surface area contributed by atoms with Gasteiger partial charge in [-0.25, -0.2) is 4.98 Å². The van der Waals surface area contributed by atoms with Crippen LogP contribution in [0.25, 0.3) is 15.8 Å². The Morgan fingerprint density at radius 2 is 2.13 bits per heavy atom. The molecule has 0 saturated heterocycles. The van der Waals surface area contributed by atoms with Gasteiger partial charge in [-0.1, -0.05) is 6.92 Å². The molecule has 30 heavy (non-hydrogen) atoms. The fourth-order valence-electron chi connectivity index (χ4n) is 3.02. The molecular formula is C20H24F3N3O2S2. The summed E-state index contributed by atoms with van der Waals surface area (Å²) in [6.07, 6.45) is -3.36. The number of thiazole rings is 1. The Bertz CT molecular complexity index is 928.